The van der Waals surface area contributed by atoms with Crippen LogP contribution in [-0.4, -0.2) is 31.9 Å². The van der Waals surface area contributed by atoms with Gasteiger partial charge in [-0.3, -0.25) is 0 Å². The van der Waals surface area contributed by atoms with E-state index in [1.54, 1.807) is 0 Å². The molecular weight excluding hydrogens is 298 g/mol. The Hall–Kier alpha value is -0.760. The second kappa shape index (κ2) is 6.13. The Bertz CT molecular complexity index is 533. The number of hydrogen-bond acceptors (Lipinski definition) is 3. The average Bonchev–Trinajstić information content (AvgIpc) is 2.77. The fourth-order valence-corrected chi connectivity index (χ4v) is 4.02. The van der Waals surface area contributed by atoms with Crippen LogP contribution < -0.4 is 5.73 Å². The van der Waals surface area contributed by atoms with Gasteiger partial charge in [0.1, 0.15) is 11.6 Å². The van der Waals surface area contributed by atoms with Crippen molar-refractivity contribution in [1.82, 2.24) is 4.31 Å². The van der Waals surface area contributed by atoms with Crippen LogP contribution in [-0.2, 0) is 10.0 Å². The molecule has 0 spiro atoms. The van der Waals surface area contributed by atoms with Crippen molar-refractivity contribution in [3.63, 3.8) is 0 Å². The smallest absolute Gasteiger partial charge is 0.249 e. The van der Waals surface area contributed by atoms with E-state index in [1.165, 1.54) is 0 Å². The van der Waals surface area contributed by atoms with Crippen molar-refractivity contribution in [2.45, 2.75) is 23.8 Å². The highest BCUT2D eigenvalue weighted by molar-refractivity contribution is 7.89. The molecule has 1 aliphatic rings. The maximum Gasteiger partial charge on any atom is 0.249 e. The lowest BCUT2D eigenvalue weighted by Crippen LogP contribution is -2.40. The molecule has 2 rings (SSSR count). The lowest BCUT2D eigenvalue weighted by Gasteiger charge is -2.23. The molecule has 1 aromatic carbocycles. The summed E-state index contributed by atoms with van der Waals surface area (Å²) < 4.78 is 52.7. The van der Waals surface area contributed by atoms with Crippen molar-refractivity contribution in [1.29, 1.82) is 0 Å². The summed E-state index contributed by atoms with van der Waals surface area (Å²) in [6, 6.07) is 2.62. The molecule has 0 bridgehead atoms. The first kappa shape index (κ1) is 16.3. The summed E-state index contributed by atoms with van der Waals surface area (Å²) >= 11 is 0. The molecular formula is C11H15ClF2N2O2S. The highest BCUT2D eigenvalue weighted by Gasteiger charge is 2.37. The van der Waals surface area contributed by atoms with Gasteiger partial charge in [-0.1, -0.05) is 6.07 Å². The summed E-state index contributed by atoms with van der Waals surface area (Å²) in [6.45, 7) is 0.396. The van der Waals surface area contributed by atoms with Gasteiger partial charge >= 0.3 is 0 Å². The molecule has 2 N–H and O–H groups in total. The van der Waals surface area contributed by atoms with Gasteiger partial charge in [0.2, 0.25) is 10.0 Å². The molecule has 0 aliphatic carbocycles. The molecule has 8 heteroatoms. The van der Waals surface area contributed by atoms with Crippen molar-refractivity contribution in [2.24, 2.45) is 5.73 Å². The maximum atomic E-state index is 13.6. The quantitative estimate of drug-likeness (QED) is 0.920. The van der Waals surface area contributed by atoms with E-state index in [4.69, 9.17) is 5.73 Å². The van der Waals surface area contributed by atoms with Gasteiger partial charge in [0, 0.05) is 19.1 Å². The van der Waals surface area contributed by atoms with Crippen LogP contribution >= 0.6 is 12.4 Å². The Kier molecular flexibility index (Phi) is 5.26. The van der Waals surface area contributed by atoms with Gasteiger partial charge in [0.05, 0.1) is 0 Å². The number of sulfonamides is 1. The van der Waals surface area contributed by atoms with Gasteiger partial charge in [-0.05, 0) is 25.0 Å². The zero-order chi connectivity index (χ0) is 13.3. The van der Waals surface area contributed by atoms with E-state index in [1.807, 2.05) is 0 Å². The third-order valence-electron chi connectivity index (χ3n) is 3.08. The molecule has 108 valence electrons. The van der Waals surface area contributed by atoms with Crippen molar-refractivity contribution >= 4 is 22.4 Å². The molecule has 0 saturated carbocycles. The Labute approximate surface area is 117 Å². The fraction of sp³-hybridized carbons (Fsp3) is 0.455. The molecule has 1 heterocycles. The molecule has 1 unspecified atom stereocenters. The second-order valence-electron chi connectivity index (χ2n) is 4.20. The van der Waals surface area contributed by atoms with Gasteiger partial charge < -0.3 is 5.73 Å². The third-order valence-corrected chi connectivity index (χ3v) is 5.08. The summed E-state index contributed by atoms with van der Waals surface area (Å²) in [4.78, 5) is -0.884. The van der Waals surface area contributed by atoms with Gasteiger partial charge in [-0.2, -0.15) is 4.31 Å². The molecule has 1 atom stereocenters. The summed E-state index contributed by atoms with van der Waals surface area (Å²) in [5.41, 5.74) is 5.48. The highest BCUT2D eigenvalue weighted by atomic mass is 35.5. The first-order chi connectivity index (χ1) is 8.48. The van der Waals surface area contributed by atoms with E-state index < -0.39 is 26.6 Å². The van der Waals surface area contributed by atoms with Crippen molar-refractivity contribution < 1.29 is 17.2 Å². The first-order valence-electron chi connectivity index (χ1n) is 5.64. The van der Waals surface area contributed by atoms with Gasteiger partial charge in [0.25, 0.3) is 0 Å². The lowest BCUT2D eigenvalue weighted by atomic mass is 10.2. The van der Waals surface area contributed by atoms with Gasteiger partial charge in [-0.25, -0.2) is 17.2 Å². The number of nitrogens with zero attached hydrogens (tertiary/aromatic N) is 1. The zero-order valence-corrected chi connectivity index (χ0v) is 11.7. The third kappa shape index (κ3) is 2.89. The minimum absolute atomic E-state index is 0. The summed E-state index contributed by atoms with van der Waals surface area (Å²) in [5.74, 6) is -2.14. The van der Waals surface area contributed by atoms with Crippen molar-refractivity contribution in [3.05, 3.63) is 29.8 Å². The van der Waals surface area contributed by atoms with Crippen LogP contribution in [0, 0.1) is 11.6 Å². The summed E-state index contributed by atoms with van der Waals surface area (Å²) in [7, 11) is -4.16. The molecule has 4 nitrogen and oxygen atoms in total. The molecule has 0 aromatic heterocycles. The number of rotatable bonds is 3. The van der Waals surface area contributed by atoms with Crippen LogP contribution in [0.1, 0.15) is 12.8 Å². The molecule has 1 fully saturated rings. The number of hydrogen-bond donors (Lipinski definition) is 1. The predicted octanol–water partition coefficient (Wildman–Crippen LogP) is 1.50. The molecule has 19 heavy (non-hydrogen) atoms. The van der Waals surface area contributed by atoms with Crippen LogP contribution in [0.15, 0.2) is 23.1 Å². The Morgan fingerprint density at radius 1 is 1.32 bits per heavy atom. The molecule has 0 radical (unpaired) electrons. The first-order valence-corrected chi connectivity index (χ1v) is 7.08. The summed E-state index contributed by atoms with van der Waals surface area (Å²) in [5, 5.41) is 0. The summed E-state index contributed by atoms with van der Waals surface area (Å²) in [6.07, 6.45) is 1.27. The Morgan fingerprint density at radius 3 is 2.42 bits per heavy atom. The van der Waals surface area contributed by atoms with E-state index in [0.717, 1.165) is 22.5 Å². The average molecular weight is 313 g/mol. The molecule has 0 amide bonds. The van der Waals surface area contributed by atoms with Crippen LogP contribution in [0.2, 0.25) is 0 Å². The number of halogens is 3. The van der Waals surface area contributed by atoms with Crippen LogP contribution in [0.3, 0.4) is 0 Å². The molecule has 1 saturated heterocycles. The maximum absolute atomic E-state index is 13.6. The second-order valence-corrected chi connectivity index (χ2v) is 6.03. The minimum Gasteiger partial charge on any atom is -0.329 e. The monoisotopic (exact) mass is 312 g/mol. The predicted molar refractivity (Wildman–Crippen MR) is 69.6 cm³/mol. The van der Waals surface area contributed by atoms with E-state index in [2.05, 4.69) is 0 Å². The molecule has 1 aromatic rings. The highest BCUT2D eigenvalue weighted by Crippen LogP contribution is 2.28. The Morgan fingerprint density at radius 2 is 1.89 bits per heavy atom. The van der Waals surface area contributed by atoms with E-state index in [-0.39, 0.29) is 31.5 Å². The van der Waals surface area contributed by atoms with Crippen molar-refractivity contribution in [2.75, 3.05) is 13.1 Å². The minimum atomic E-state index is -4.16. The van der Waals surface area contributed by atoms with Crippen molar-refractivity contribution in [3.8, 4) is 0 Å². The largest absolute Gasteiger partial charge is 0.329 e. The Balaban J connectivity index is 0.00000180. The van der Waals surface area contributed by atoms with Crippen LogP contribution in [0.5, 0.6) is 0 Å². The van der Waals surface area contributed by atoms with Crippen LogP contribution in [0.25, 0.3) is 0 Å². The van der Waals surface area contributed by atoms with Gasteiger partial charge in [0.15, 0.2) is 4.90 Å². The standard InChI is InChI=1S/C11H14F2N2O2S.ClH/c12-9-4-1-5-10(13)11(9)18(16,17)15-6-2-3-8(15)7-14;/h1,4-5,8H,2-3,6-7,14H2;1H. The number of nitrogens with two attached hydrogens (primary N) is 1. The number of benzene rings is 1. The zero-order valence-electron chi connectivity index (χ0n) is 10.1. The molecule has 1 aliphatic heterocycles. The van der Waals surface area contributed by atoms with Crippen LogP contribution in [0.4, 0.5) is 8.78 Å². The lowest BCUT2D eigenvalue weighted by molar-refractivity contribution is 0.386. The van der Waals surface area contributed by atoms with E-state index >= 15 is 0 Å². The van der Waals surface area contributed by atoms with E-state index in [0.29, 0.717) is 12.8 Å². The van der Waals surface area contributed by atoms with Gasteiger partial charge in [-0.15, -0.1) is 12.4 Å². The SMILES string of the molecule is Cl.NCC1CCCN1S(=O)(=O)c1c(F)cccc1F. The normalized spacial score (nSPS) is 20.3. The van der Waals surface area contributed by atoms with E-state index in [9.17, 15) is 17.2 Å². The fourth-order valence-electron chi connectivity index (χ4n) is 2.21. The topological polar surface area (TPSA) is 63.4 Å².